The molecule has 594 valence electrons. The van der Waals surface area contributed by atoms with Gasteiger partial charge in [0.25, 0.3) is 0 Å². The summed E-state index contributed by atoms with van der Waals surface area (Å²) in [5.41, 5.74) is 0. The summed E-state index contributed by atoms with van der Waals surface area (Å²) in [6.07, 6.45) is 65.1. The van der Waals surface area contributed by atoms with E-state index in [9.17, 15) is 43.2 Å². The highest BCUT2D eigenvalue weighted by atomic mass is 31.2. The summed E-state index contributed by atoms with van der Waals surface area (Å²) in [5, 5.41) is 10.6. The van der Waals surface area contributed by atoms with Crippen molar-refractivity contribution in [1.29, 1.82) is 0 Å². The van der Waals surface area contributed by atoms with Crippen molar-refractivity contribution in [2.45, 2.75) is 451 Å². The van der Waals surface area contributed by atoms with E-state index >= 15 is 0 Å². The lowest BCUT2D eigenvalue weighted by atomic mass is 10.0. The van der Waals surface area contributed by atoms with E-state index in [2.05, 4.69) is 34.6 Å². The molecule has 0 fully saturated rings. The Bertz CT molecular complexity index is 1910. The van der Waals surface area contributed by atoms with Gasteiger partial charge in [-0.05, 0) is 31.6 Å². The minimum Gasteiger partial charge on any atom is -0.462 e. The van der Waals surface area contributed by atoms with Gasteiger partial charge in [0.05, 0.1) is 26.4 Å². The Morgan fingerprint density at radius 1 is 0.270 bits per heavy atom. The summed E-state index contributed by atoms with van der Waals surface area (Å²) in [5.74, 6) is -1.34. The third kappa shape index (κ3) is 74.3. The Morgan fingerprint density at radius 3 is 0.680 bits per heavy atom. The lowest BCUT2D eigenvalue weighted by molar-refractivity contribution is -0.161. The van der Waals surface area contributed by atoms with Crippen LogP contribution in [-0.4, -0.2) is 96.7 Å². The number of carbonyl (C=O) groups is 4. The molecule has 0 saturated carbocycles. The maximum absolute atomic E-state index is 13.1. The normalized spacial score (nSPS) is 13.8. The van der Waals surface area contributed by atoms with Crippen molar-refractivity contribution in [3.63, 3.8) is 0 Å². The van der Waals surface area contributed by atoms with Gasteiger partial charge >= 0.3 is 39.5 Å². The molecule has 0 heterocycles. The van der Waals surface area contributed by atoms with Gasteiger partial charge in [0.2, 0.25) is 0 Å². The van der Waals surface area contributed by atoms with E-state index in [1.807, 2.05) is 0 Å². The van der Waals surface area contributed by atoms with Crippen molar-refractivity contribution in [3.8, 4) is 0 Å². The molecular formula is C81H158O17P2. The number of phosphoric acid groups is 2. The highest BCUT2D eigenvalue weighted by Crippen LogP contribution is 2.45. The third-order valence-electron chi connectivity index (χ3n) is 19.0. The van der Waals surface area contributed by atoms with Crippen LogP contribution in [0.4, 0.5) is 0 Å². The molecule has 0 spiro atoms. The Morgan fingerprint density at radius 2 is 0.460 bits per heavy atom. The fraction of sp³-hybridized carbons (Fsp3) is 0.951. The van der Waals surface area contributed by atoms with Crippen LogP contribution in [-0.2, 0) is 65.4 Å². The Kier molecular flexibility index (Phi) is 72.5. The van der Waals surface area contributed by atoms with Gasteiger partial charge in [0.1, 0.15) is 19.3 Å². The maximum atomic E-state index is 13.1. The van der Waals surface area contributed by atoms with Crippen LogP contribution in [0.15, 0.2) is 0 Å². The molecule has 0 aromatic heterocycles. The van der Waals surface area contributed by atoms with Gasteiger partial charge in [-0.2, -0.15) is 0 Å². The second-order valence-electron chi connectivity index (χ2n) is 29.6. The van der Waals surface area contributed by atoms with Gasteiger partial charge < -0.3 is 33.8 Å². The van der Waals surface area contributed by atoms with E-state index in [1.165, 1.54) is 257 Å². The predicted octanol–water partition coefficient (Wildman–Crippen LogP) is 24.4. The van der Waals surface area contributed by atoms with E-state index in [4.69, 9.17) is 37.0 Å². The highest BCUT2D eigenvalue weighted by Gasteiger charge is 2.30. The van der Waals surface area contributed by atoms with Crippen LogP contribution in [0.25, 0.3) is 0 Å². The molecule has 0 aliphatic carbocycles. The first-order valence-electron chi connectivity index (χ1n) is 42.1. The average Bonchev–Trinajstić information content (AvgIpc) is 1.05. The summed E-state index contributed by atoms with van der Waals surface area (Å²) in [7, 11) is -9.92. The van der Waals surface area contributed by atoms with Gasteiger partial charge in [0.15, 0.2) is 12.2 Å². The molecule has 0 radical (unpaired) electrons. The molecule has 0 aliphatic rings. The zero-order chi connectivity index (χ0) is 73.4. The number of phosphoric ester groups is 2. The molecule has 0 aromatic carbocycles. The van der Waals surface area contributed by atoms with Crippen LogP contribution in [0.2, 0.25) is 0 Å². The molecule has 100 heavy (non-hydrogen) atoms. The SMILES string of the molecule is CCCCCCCCCCCCCCCCCCCCCC(=O)O[C@H](COC(=O)CCCCCCCCCCCCCCCCCC)COP(=O)(O)OC[C@@H](O)COP(=O)(O)OC[C@@H](COC(=O)CCCCCCCCCCCCC)OC(=O)CCCCCCCCCCCCCC(C)C. The monoisotopic (exact) mass is 1470 g/mol. The molecule has 0 saturated heterocycles. The molecule has 17 nitrogen and oxygen atoms in total. The molecular weight excluding hydrogens is 1310 g/mol. The largest absolute Gasteiger partial charge is 0.472 e. The van der Waals surface area contributed by atoms with Crippen LogP contribution >= 0.6 is 15.6 Å². The van der Waals surface area contributed by atoms with Gasteiger partial charge in [-0.1, -0.05) is 381 Å². The Labute approximate surface area is 613 Å². The fourth-order valence-corrected chi connectivity index (χ4v) is 14.2. The first-order valence-corrected chi connectivity index (χ1v) is 45.1. The van der Waals surface area contributed by atoms with Crippen LogP contribution in [0.5, 0.6) is 0 Å². The highest BCUT2D eigenvalue weighted by molar-refractivity contribution is 7.47. The average molecular weight is 1470 g/mol. The molecule has 0 rings (SSSR count). The van der Waals surface area contributed by atoms with Crippen LogP contribution in [0.1, 0.15) is 433 Å². The standard InChI is InChI=1S/C81H158O17P2/c1-6-9-12-15-18-21-24-26-28-30-31-32-34-36-41-46-51-56-61-66-80(85)97-77(71-92-79(84)65-60-55-50-45-40-35-33-29-27-25-22-19-16-13-10-7-2)73-96-100(89,90)94-69-75(82)68-93-99(87,88)95-72-76(70-91-78(83)64-59-54-49-44-38-23-20-17-14-11-8-3)98-81(86)67-62-57-52-47-42-37-39-43-48-53-58-63-74(4)5/h74-77,82H,6-73H2,1-5H3,(H,87,88)(H,89,90)/t75-,76+,77+/m0/s1. The zero-order valence-corrected chi connectivity index (χ0v) is 67.1. The molecule has 2 unspecified atom stereocenters. The molecule has 0 aromatic rings. The number of ether oxygens (including phenoxy) is 4. The van der Waals surface area contributed by atoms with Crippen LogP contribution < -0.4 is 0 Å². The summed E-state index contributed by atoms with van der Waals surface area (Å²) in [6, 6.07) is 0. The minimum absolute atomic E-state index is 0.107. The van der Waals surface area contributed by atoms with Gasteiger partial charge in [0, 0.05) is 25.7 Å². The van der Waals surface area contributed by atoms with Gasteiger partial charge in [-0.3, -0.25) is 37.3 Å². The van der Waals surface area contributed by atoms with Crippen molar-refractivity contribution >= 4 is 39.5 Å². The lowest BCUT2D eigenvalue weighted by Crippen LogP contribution is -2.30. The van der Waals surface area contributed by atoms with E-state index in [1.54, 1.807) is 0 Å². The maximum Gasteiger partial charge on any atom is 0.472 e. The van der Waals surface area contributed by atoms with E-state index in [-0.39, 0.29) is 25.7 Å². The number of carbonyl (C=O) groups excluding carboxylic acids is 4. The van der Waals surface area contributed by atoms with Crippen molar-refractivity contribution in [3.05, 3.63) is 0 Å². The Balaban J connectivity index is 5.24. The van der Waals surface area contributed by atoms with E-state index in [0.29, 0.717) is 25.7 Å². The number of hydrogen-bond donors (Lipinski definition) is 3. The summed E-state index contributed by atoms with van der Waals surface area (Å²) in [6.45, 7) is 7.33. The smallest absolute Gasteiger partial charge is 0.462 e. The predicted molar refractivity (Wildman–Crippen MR) is 409 cm³/mol. The van der Waals surface area contributed by atoms with Gasteiger partial charge in [-0.25, -0.2) is 9.13 Å². The summed E-state index contributed by atoms with van der Waals surface area (Å²) < 4.78 is 68.7. The Hall–Kier alpha value is -1.94. The van der Waals surface area contributed by atoms with E-state index < -0.39 is 97.5 Å². The number of rotatable bonds is 81. The van der Waals surface area contributed by atoms with Crippen LogP contribution in [0.3, 0.4) is 0 Å². The molecule has 5 atom stereocenters. The number of unbranched alkanes of at least 4 members (excludes halogenated alkanes) is 53. The molecule has 0 amide bonds. The molecule has 0 aliphatic heterocycles. The van der Waals surface area contributed by atoms with Gasteiger partial charge in [-0.15, -0.1) is 0 Å². The molecule has 0 bridgehead atoms. The van der Waals surface area contributed by atoms with E-state index in [0.717, 1.165) is 95.8 Å². The van der Waals surface area contributed by atoms with Crippen molar-refractivity contribution in [1.82, 2.24) is 0 Å². The second-order valence-corrected chi connectivity index (χ2v) is 32.5. The molecule has 19 heteroatoms. The number of aliphatic hydroxyl groups is 1. The molecule has 3 N–H and O–H groups in total. The fourth-order valence-electron chi connectivity index (χ4n) is 12.6. The first-order chi connectivity index (χ1) is 48.5. The number of hydrogen-bond acceptors (Lipinski definition) is 15. The lowest BCUT2D eigenvalue weighted by Gasteiger charge is -2.21. The number of aliphatic hydroxyl groups excluding tert-OH is 1. The first kappa shape index (κ1) is 98.1. The number of esters is 4. The quantitative estimate of drug-likeness (QED) is 0.0222. The summed E-state index contributed by atoms with van der Waals surface area (Å²) >= 11 is 0. The topological polar surface area (TPSA) is 237 Å². The second kappa shape index (κ2) is 73.9. The van der Waals surface area contributed by atoms with Crippen LogP contribution in [0, 0.1) is 5.92 Å². The van der Waals surface area contributed by atoms with Crippen molar-refractivity contribution in [2.75, 3.05) is 39.6 Å². The minimum atomic E-state index is -4.96. The van der Waals surface area contributed by atoms with Crippen molar-refractivity contribution < 1.29 is 80.2 Å². The zero-order valence-electron chi connectivity index (χ0n) is 65.3. The van der Waals surface area contributed by atoms with Crippen molar-refractivity contribution in [2.24, 2.45) is 5.92 Å². The summed E-state index contributed by atoms with van der Waals surface area (Å²) in [4.78, 5) is 73.0. The third-order valence-corrected chi connectivity index (χ3v) is 20.9.